The minimum Gasteiger partial charge on any atom is -0.592 e. The number of halogens is 6. The van der Waals surface area contributed by atoms with Gasteiger partial charge in [0, 0.05) is 23.5 Å². The Labute approximate surface area is 192 Å². The van der Waals surface area contributed by atoms with Gasteiger partial charge in [-0.2, -0.15) is 31.3 Å². The molecule has 184 valence electrons. The van der Waals surface area contributed by atoms with E-state index in [9.17, 15) is 30.9 Å². The van der Waals surface area contributed by atoms with Crippen LogP contribution in [0.1, 0.15) is 25.0 Å². The van der Waals surface area contributed by atoms with Gasteiger partial charge in [0.15, 0.2) is 5.54 Å². The van der Waals surface area contributed by atoms with Crippen LogP contribution in [0.5, 0.6) is 0 Å². The minimum absolute atomic E-state index is 0.0245. The SMILES string of the molecule is Cc1cc(Nc2n[nH]c(N)n2)cc(C(F)(F)F)c1-c1ccc([S+]([O-])NC(C)(C)C(F)(F)F)nc1. The van der Waals surface area contributed by atoms with E-state index in [2.05, 4.69) is 25.5 Å². The molecule has 3 aromatic rings. The van der Waals surface area contributed by atoms with E-state index in [0.29, 0.717) is 0 Å². The summed E-state index contributed by atoms with van der Waals surface area (Å²) >= 11 is -2.36. The van der Waals surface area contributed by atoms with E-state index in [1.54, 1.807) is 0 Å². The highest BCUT2D eigenvalue weighted by Crippen LogP contribution is 2.41. The zero-order valence-corrected chi connectivity index (χ0v) is 18.7. The van der Waals surface area contributed by atoms with E-state index < -0.39 is 34.8 Å². The summed E-state index contributed by atoms with van der Waals surface area (Å²) < 4.78 is 94.9. The van der Waals surface area contributed by atoms with Crippen molar-refractivity contribution in [3.05, 3.63) is 41.6 Å². The molecule has 5 N–H and O–H groups in total. The summed E-state index contributed by atoms with van der Waals surface area (Å²) in [6.45, 7) is 3.06. The van der Waals surface area contributed by atoms with Gasteiger partial charge in [-0.3, -0.25) is 0 Å². The van der Waals surface area contributed by atoms with E-state index in [4.69, 9.17) is 5.73 Å². The first-order valence-corrected chi connectivity index (χ1v) is 10.6. The summed E-state index contributed by atoms with van der Waals surface area (Å²) in [6, 6.07) is 4.60. The molecule has 2 heterocycles. The molecule has 0 aliphatic carbocycles. The van der Waals surface area contributed by atoms with E-state index in [-0.39, 0.29) is 39.3 Å². The van der Waals surface area contributed by atoms with Crippen molar-refractivity contribution in [3.8, 4) is 11.1 Å². The minimum atomic E-state index is -4.75. The van der Waals surface area contributed by atoms with Crippen molar-refractivity contribution in [1.82, 2.24) is 24.9 Å². The molecule has 0 aliphatic heterocycles. The van der Waals surface area contributed by atoms with Crippen molar-refractivity contribution in [3.63, 3.8) is 0 Å². The Morgan fingerprint density at radius 3 is 2.26 bits per heavy atom. The number of anilines is 3. The van der Waals surface area contributed by atoms with Crippen LogP contribution in [0.3, 0.4) is 0 Å². The first-order chi connectivity index (χ1) is 15.6. The maximum atomic E-state index is 13.9. The number of nitrogens with one attached hydrogen (secondary N) is 3. The molecule has 0 saturated heterocycles. The average molecular weight is 507 g/mol. The molecule has 34 heavy (non-hydrogen) atoms. The standard InChI is InChI=1S/C19H19F6N7OS/c1-9-6-11(28-16-29-15(26)30-31-16)7-12(18(20,21)22)14(9)10-4-5-13(27-8-10)34(33)32-17(2,3)19(23,24)25/h4-8,32H,1-3H3,(H4,26,28,29,30,31). The second-order valence-corrected chi connectivity index (χ2v) is 8.92. The topological polar surface area (TPSA) is 128 Å². The predicted molar refractivity (Wildman–Crippen MR) is 113 cm³/mol. The lowest BCUT2D eigenvalue weighted by Crippen LogP contribution is -2.54. The van der Waals surface area contributed by atoms with Gasteiger partial charge in [-0.05, 0) is 50.1 Å². The molecule has 15 heteroatoms. The Hall–Kier alpha value is -3.04. The molecule has 0 spiro atoms. The van der Waals surface area contributed by atoms with E-state index in [1.807, 2.05) is 4.72 Å². The lowest BCUT2D eigenvalue weighted by Gasteiger charge is -2.28. The smallest absolute Gasteiger partial charge is 0.417 e. The van der Waals surface area contributed by atoms with Crippen LogP contribution in [0.2, 0.25) is 0 Å². The van der Waals surface area contributed by atoms with Gasteiger partial charge < -0.3 is 15.6 Å². The summed E-state index contributed by atoms with van der Waals surface area (Å²) in [7, 11) is 0. The largest absolute Gasteiger partial charge is 0.592 e. The Morgan fingerprint density at radius 1 is 1.09 bits per heavy atom. The first-order valence-electron chi connectivity index (χ1n) is 9.48. The number of hydrogen-bond donors (Lipinski definition) is 4. The number of rotatable bonds is 6. The van der Waals surface area contributed by atoms with Gasteiger partial charge in [0.2, 0.25) is 11.9 Å². The number of benzene rings is 1. The number of nitrogens with two attached hydrogens (primary N) is 1. The van der Waals surface area contributed by atoms with Crippen LogP contribution in [-0.4, -0.2) is 36.4 Å². The van der Waals surface area contributed by atoms with Crippen molar-refractivity contribution in [2.45, 2.75) is 43.7 Å². The van der Waals surface area contributed by atoms with Crippen molar-refractivity contribution in [2.24, 2.45) is 0 Å². The van der Waals surface area contributed by atoms with Crippen LogP contribution in [-0.2, 0) is 17.5 Å². The van der Waals surface area contributed by atoms with Gasteiger partial charge in [0.25, 0.3) is 5.03 Å². The molecule has 0 radical (unpaired) electrons. The number of aromatic nitrogens is 4. The fourth-order valence-electron chi connectivity index (χ4n) is 2.91. The number of pyridine rings is 1. The van der Waals surface area contributed by atoms with Crippen LogP contribution in [0.25, 0.3) is 11.1 Å². The second-order valence-electron chi connectivity index (χ2n) is 7.76. The monoisotopic (exact) mass is 507 g/mol. The maximum absolute atomic E-state index is 13.9. The molecule has 3 rings (SSSR count). The van der Waals surface area contributed by atoms with Crippen LogP contribution >= 0.6 is 0 Å². The Morgan fingerprint density at radius 2 is 1.76 bits per heavy atom. The van der Waals surface area contributed by atoms with E-state index >= 15 is 0 Å². The van der Waals surface area contributed by atoms with Gasteiger partial charge in [-0.1, -0.05) is 0 Å². The molecule has 0 amide bonds. The normalized spacial score (nSPS) is 13.7. The quantitative estimate of drug-likeness (QED) is 0.286. The number of nitrogens with zero attached hydrogens (tertiary/aromatic N) is 3. The zero-order valence-electron chi connectivity index (χ0n) is 17.9. The van der Waals surface area contributed by atoms with Crippen LogP contribution in [0, 0.1) is 6.92 Å². The number of alkyl halides is 6. The molecule has 1 aromatic carbocycles. The van der Waals surface area contributed by atoms with Crippen LogP contribution < -0.4 is 15.8 Å². The molecule has 0 fully saturated rings. The zero-order chi connectivity index (χ0) is 25.5. The molecule has 1 atom stereocenters. The van der Waals surface area contributed by atoms with Crippen molar-refractivity contribution >= 4 is 28.9 Å². The second kappa shape index (κ2) is 8.96. The lowest BCUT2D eigenvalue weighted by atomic mass is 9.95. The predicted octanol–water partition coefficient (Wildman–Crippen LogP) is 4.47. The third-order valence-electron chi connectivity index (χ3n) is 4.67. The molecule has 8 nitrogen and oxygen atoms in total. The number of hydrogen-bond acceptors (Lipinski definition) is 7. The summed E-state index contributed by atoms with van der Waals surface area (Å²) in [5.74, 6) is -0.0518. The lowest BCUT2D eigenvalue weighted by molar-refractivity contribution is -0.180. The average Bonchev–Trinajstić information content (AvgIpc) is 3.10. The van der Waals surface area contributed by atoms with Crippen molar-refractivity contribution in [1.29, 1.82) is 0 Å². The summed E-state index contributed by atoms with van der Waals surface area (Å²) in [4.78, 5) is 7.61. The third-order valence-corrected chi connectivity index (χ3v) is 5.99. The van der Waals surface area contributed by atoms with Gasteiger partial charge in [-0.15, -0.1) is 9.82 Å². The highest BCUT2D eigenvalue weighted by atomic mass is 32.2. The Balaban J connectivity index is 1.94. The van der Waals surface area contributed by atoms with Gasteiger partial charge >= 0.3 is 12.4 Å². The molecule has 0 bridgehead atoms. The first kappa shape index (κ1) is 25.6. The summed E-state index contributed by atoms with van der Waals surface area (Å²) in [5, 5.41) is 8.42. The van der Waals surface area contributed by atoms with Crippen LogP contribution in [0.15, 0.2) is 35.5 Å². The van der Waals surface area contributed by atoms with E-state index in [1.165, 1.54) is 19.1 Å². The van der Waals surface area contributed by atoms with Gasteiger partial charge in [0.1, 0.15) is 0 Å². The van der Waals surface area contributed by atoms with Crippen molar-refractivity contribution in [2.75, 3.05) is 11.1 Å². The molecular formula is C19H19F6N7OS. The summed E-state index contributed by atoms with van der Waals surface area (Å²) in [5.41, 5.74) is 2.05. The third kappa shape index (κ3) is 5.53. The number of aromatic amines is 1. The summed E-state index contributed by atoms with van der Waals surface area (Å²) in [6.07, 6.45) is -8.42. The Kier molecular flexibility index (Phi) is 6.74. The molecule has 0 saturated carbocycles. The Bertz CT molecular complexity index is 1160. The highest BCUT2D eigenvalue weighted by Gasteiger charge is 2.51. The maximum Gasteiger partial charge on any atom is 0.417 e. The molecule has 0 aliphatic rings. The molecular weight excluding hydrogens is 488 g/mol. The van der Waals surface area contributed by atoms with Crippen LogP contribution in [0.4, 0.5) is 43.9 Å². The molecule has 2 aromatic heterocycles. The molecule has 1 unspecified atom stereocenters. The van der Waals surface area contributed by atoms with E-state index in [0.717, 1.165) is 32.2 Å². The number of aryl methyl sites for hydroxylation is 1. The fourth-order valence-corrected chi connectivity index (χ4v) is 3.93. The number of nitrogen functional groups attached to an aromatic ring is 1. The van der Waals surface area contributed by atoms with Gasteiger partial charge in [-0.25, -0.2) is 10.1 Å². The fraction of sp³-hybridized carbons (Fsp3) is 0.316. The highest BCUT2D eigenvalue weighted by molar-refractivity contribution is 7.89. The van der Waals surface area contributed by atoms with Crippen molar-refractivity contribution < 1.29 is 30.9 Å². The van der Waals surface area contributed by atoms with Gasteiger partial charge in [0.05, 0.1) is 16.9 Å². The number of H-pyrrole nitrogens is 1.